The summed E-state index contributed by atoms with van der Waals surface area (Å²) in [5, 5.41) is 7.38. The highest BCUT2D eigenvalue weighted by Gasteiger charge is 2.30. The Balaban J connectivity index is 1.81. The summed E-state index contributed by atoms with van der Waals surface area (Å²) in [6.07, 6.45) is 1.53. The second-order valence-electron chi connectivity index (χ2n) is 7.41. The molecule has 0 aromatic heterocycles. The quantitative estimate of drug-likeness (QED) is 0.768. The van der Waals surface area contributed by atoms with Gasteiger partial charge in [-0.05, 0) is 36.5 Å². The molecule has 0 saturated heterocycles. The molecule has 1 aliphatic carbocycles. The normalized spacial score (nSPS) is 17.8. The Hall–Kier alpha value is -2.21. The molecule has 0 atom stereocenters. The number of hydrazone groups is 1. The SMILES string of the molecule is Cc1c(Cl)cccc1NC(=O)CCC(=O)N/N=C1\CC(=O)CC(C)(C)C1. The molecule has 0 bridgehead atoms. The number of Topliss-reactive ketones (excluding diaryl/α,β-unsaturated/α-hetero) is 1. The van der Waals surface area contributed by atoms with E-state index >= 15 is 0 Å². The van der Waals surface area contributed by atoms with Crippen LogP contribution in [0.1, 0.15) is 51.5 Å². The van der Waals surface area contributed by atoms with E-state index in [1.807, 2.05) is 20.8 Å². The number of rotatable bonds is 5. The van der Waals surface area contributed by atoms with E-state index in [9.17, 15) is 14.4 Å². The fraction of sp³-hybridized carbons (Fsp3) is 0.474. The molecule has 6 nitrogen and oxygen atoms in total. The van der Waals surface area contributed by atoms with Gasteiger partial charge in [-0.3, -0.25) is 14.4 Å². The number of hydrogen-bond donors (Lipinski definition) is 2. The maximum atomic E-state index is 12.0. The smallest absolute Gasteiger partial charge is 0.240 e. The molecule has 140 valence electrons. The van der Waals surface area contributed by atoms with Crippen LogP contribution in [-0.4, -0.2) is 23.3 Å². The van der Waals surface area contributed by atoms with Crippen LogP contribution in [0.4, 0.5) is 5.69 Å². The molecule has 0 unspecified atom stereocenters. The highest BCUT2D eigenvalue weighted by atomic mass is 35.5. The van der Waals surface area contributed by atoms with E-state index in [-0.39, 0.29) is 42.3 Å². The summed E-state index contributed by atoms with van der Waals surface area (Å²) in [6, 6.07) is 5.25. The van der Waals surface area contributed by atoms with Crippen molar-refractivity contribution in [2.75, 3.05) is 5.32 Å². The number of amides is 2. The molecule has 1 saturated carbocycles. The van der Waals surface area contributed by atoms with Crippen molar-refractivity contribution in [2.24, 2.45) is 10.5 Å². The summed E-state index contributed by atoms with van der Waals surface area (Å²) in [4.78, 5) is 35.6. The predicted molar refractivity (Wildman–Crippen MR) is 102 cm³/mol. The fourth-order valence-corrected chi connectivity index (χ4v) is 3.13. The van der Waals surface area contributed by atoms with Gasteiger partial charge in [-0.25, -0.2) is 5.43 Å². The van der Waals surface area contributed by atoms with E-state index in [0.29, 0.717) is 29.3 Å². The minimum absolute atomic E-state index is 0.0135. The summed E-state index contributed by atoms with van der Waals surface area (Å²) in [7, 11) is 0. The van der Waals surface area contributed by atoms with E-state index in [4.69, 9.17) is 11.6 Å². The van der Waals surface area contributed by atoms with Crippen LogP contribution in [0.25, 0.3) is 0 Å². The van der Waals surface area contributed by atoms with Crippen LogP contribution in [0.15, 0.2) is 23.3 Å². The van der Waals surface area contributed by atoms with Gasteiger partial charge in [0.1, 0.15) is 5.78 Å². The van der Waals surface area contributed by atoms with Gasteiger partial charge < -0.3 is 5.32 Å². The van der Waals surface area contributed by atoms with Crippen LogP contribution in [0.3, 0.4) is 0 Å². The number of ketones is 1. The van der Waals surface area contributed by atoms with Gasteiger partial charge in [0.25, 0.3) is 0 Å². The molecular weight excluding hydrogens is 354 g/mol. The molecule has 2 rings (SSSR count). The van der Waals surface area contributed by atoms with Crippen molar-refractivity contribution in [1.82, 2.24) is 5.43 Å². The van der Waals surface area contributed by atoms with Gasteiger partial charge in [-0.1, -0.05) is 31.5 Å². The molecule has 7 heteroatoms. The zero-order valence-electron chi connectivity index (χ0n) is 15.3. The number of benzene rings is 1. The first-order chi connectivity index (χ1) is 12.2. The van der Waals surface area contributed by atoms with Crippen LogP contribution in [-0.2, 0) is 14.4 Å². The second-order valence-corrected chi connectivity index (χ2v) is 7.81. The first-order valence-corrected chi connectivity index (χ1v) is 8.95. The molecule has 2 N–H and O–H groups in total. The van der Waals surface area contributed by atoms with Crippen LogP contribution < -0.4 is 10.7 Å². The molecule has 1 fully saturated rings. The number of halogens is 1. The number of nitrogens with one attached hydrogen (secondary N) is 2. The van der Waals surface area contributed by atoms with E-state index in [0.717, 1.165) is 5.56 Å². The third-order valence-corrected chi connectivity index (χ3v) is 4.63. The Morgan fingerprint density at radius 1 is 1.19 bits per heavy atom. The molecule has 0 heterocycles. The van der Waals surface area contributed by atoms with Crippen LogP contribution in [0, 0.1) is 12.3 Å². The van der Waals surface area contributed by atoms with Gasteiger partial charge in [-0.15, -0.1) is 0 Å². The van der Waals surface area contributed by atoms with Crippen molar-refractivity contribution in [3.63, 3.8) is 0 Å². The molecule has 2 amide bonds. The van der Waals surface area contributed by atoms with Gasteiger partial charge in [0.05, 0.1) is 0 Å². The third-order valence-electron chi connectivity index (χ3n) is 4.22. The van der Waals surface area contributed by atoms with E-state index in [2.05, 4.69) is 15.8 Å². The van der Waals surface area contributed by atoms with Gasteiger partial charge >= 0.3 is 0 Å². The lowest BCUT2D eigenvalue weighted by atomic mass is 9.76. The lowest BCUT2D eigenvalue weighted by Gasteiger charge is -2.28. The van der Waals surface area contributed by atoms with Gasteiger partial charge in [0.2, 0.25) is 11.8 Å². The summed E-state index contributed by atoms with van der Waals surface area (Å²) in [6.45, 7) is 5.82. The van der Waals surface area contributed by atoms with Crippen LogP contribution >= 0.6 is 11.6 Å². The lowest BCUT2D eigenvalue weighted by Crippen LogP contribution is -2.31. The van der Waals surface area contributed by atoms with E-state index in [1.54, 1.807) is 18.2 Å². The Bertz CT molecular complexity index is 756. The van der Waals surface area contributed by atoms with Gasteiger partial charge in [0, 0.05) is 42.1 Å². The Morgan fingerprint density at radius 3 is 2.58 bits per heavy atom. The Morgan fingerprint density at radius 2 is 1.88 bits per heavy atom. The topological polar surface area (TPSA) is 87.6 Å². The first kappa shape index (κ1) is 20.1. The molecule has 1 aromatic carbocycles. The monoisotopic (exact) mass is 377 g/mol. The zero-order valence-corrected chi connectivity index (χ0v) is 16.1. The fourth-order valence-electron chi connectivity index (χ4n) is 2.96. The number of nitrogens with zero attached hydrogens (tertiary/aromatic N) is 1. The minimum atomic E-state index is -0.355. The van der Waals surface area contributed by atoms with Crippen molar-refractivity contribution in [3.8, 4) is 0 Å². The van der Waals surface area contributed by atoms with E-state index in [1.165, 1.54) is 0 Å². The maximum Gasteiger partial charge on any atom is 0.240 e. The van der Waals surface area contributed by atoms with Crippen molar-refractivity contribution in [1.29, 1.82) is 0 Å². The lowest BCUT2D eigenvalue weighted by molar-refractivity contribution is -0.124. The largest absolute Gasteiger partial charge is 0.326 e. The number of hydrogen-bond acceptors (Lipinski definition) is 4. The minimum Gasteiger partial charge on any atom is -0.326 e. The third kappa shape index (κ3) is 5.95. The van der Waals surface area contributed by atoms with Crippen LogP contribution in [0.2, 0.25) is 5.02 Å². The second kappa shape index (κ2) is 8.45. The Kier molecular flexibility index (Phi) is 6.53. The summed E-state index contributed by atoms with van der Waals surface area (Å²) in [5.74, 6) is -0.496. The van der Waals surface area contributed by atoms with Crippen molar-refractivity contribution in [3.05, 3.63) is 28.8 Å². The number of anilines is 1. The average molecular weight is 378 g/mol. The molecule has 0 spiro atoms. The molecular formula is C19H24ClN3O3. The highest BCUT2D eigenvalue weighted by molar-refractivity contribution is 6.31. The van der Waals surface area contributed by atoms with Gasteiger partial charge in [0.15, 0.2) is 0 Å². The van der Waals surface area contributed by atoms with Crippen LogP contribution in [0.5, 0.6) is 0 Å². The zero-order chi connectivity index (χ0) is 19.3. The predicted octanol–water partition coefficient (Wildman–Crippen LogP) is 3.62. The standard InChI is InChI=1S/C19H24ClN3O3/c1-12-15(20)5-4-6-16(12)21-17(25)7-8-18(26)23-22-13-9-14(24)11-19(2,3)10-13/h4-6H,7-11H2,1-3H3,(H,21,25)(H,23,26)/b22-13+. The molecule has 1 aromatic rings. The number of carbonyl (C=O) groups excluding carboxylic acids is 3. The Labute approximate surface area is 158 Å². The maximum absolute atomic E-state index is 12.0. The van der Waals surface area contributed by atoms with E-state index < -0.39 is 0 Å². The van der Waals surface area contributed by atoms with Crippen molar-refractivity contribution >= 4 is 40.6 Å². The molecule has 1 aliphatic rings. The average Bonchev–Trinajstić information content (AvgIpc) is 2.53. The molecule has 0 aliphatic heterocycles. The number of carbonyl (C=O) groups is 3. The first-order valence-electron chi connectivity index (χ1n) is 8.57. The molecule has 0 radical (unpaired) electrons. The highest BCUT2D eigenvalue weighted by Crippen LogP contribution is 2.31. The summed E-state index contributed by atoms with van der Waals surface area (Å²) in [5.41, 5.74) is 4.41. The molecule has 26 heavy (non-hydrogen) atoms. The summed E-state index contributed by atoms with van der Waals surface area (Å²) >= 11 is 6.02. The van der Waals surface area contributed by atoms with Gasteiger partial charge in [-0.2, -0.15) is 5.10 Å². The summed E-state index contributed by atoms with van der Waals surface area (Å²) < 4.78 is 0. The van der Waals surface area contributed by atoms with Crippen molar-refractivity contribution in [2.45, 2.75) is 52.9 Å². The van der Waals surface area contributed by atoms with Crippen molar-refractivity contribution < 1.29 is 14.4 Å².